The van der Waals surface area contributed by atoms with Gasteiger partial charge in [-0.3, -0.25) is 10.1 Å². The first kappa shape index (κ1) is 24.0. The van der Waals surface area contributed by atoms with Crippen LogP contribution in [0.15, 0.2) is 48.5 Å². The van der Waals surface area contributed by atoms with E-state index in [1.165, 1.54) is 19.2 Å². The average molecular weight is 476 g/mol. The highest BCUT2D eigenvalue weighted by atomic mass is 19.4. The van der Waals surface area contributed by atoms with E-state index in [9.17, 15) is 18.0 Å². The van der Waals surface area contributed by atoms with Crippen LogP contribution in [0.5, 0.6) is 6.01 Å². The number of ether oxygens (including phenoxy) is 2. The Bertz CT molecular complexity index is 1160. The second-order valence-electron chi connectivity index (χ2n) is 8.43. The molecule has 1 saturated heterocycles. The highest BCUT2D eigenvalue weighted by molar-refractivity contribution is 5.94. The Hall–Kier alpha value is -3.11. The number of aromatic nitrogens is 2. The second-order valence-corrected chi connectivity index (χ2v) is 8.43. The molecule has 182 valence electrons. The summed E-state index contributed by atoms with van der Waals surface area (Å²) in [5.41, 5.74) is 1.52. The number of likely N-dealkylation sites (tertiary alicyclic amines) is 1. The molecule has 1 aromatic heterocycles. The van der Waals surface area contributed by atoms with Crippen molar-refractivity contribution >= 4 is 16.9 Å². The van der Waals surface area contributed by atoms with Crippen molar-refractivity contribution in [3.63, 3.8) is 0 Å². The molecule has 3 aromatic rings. The van der Waals surface area contributed by atoms with Crippen molar-refractivity contribution in [1.29, 1.82) is 0 Å². The lowest BCUT2D eigenvalue weighted by atomic mass is 9.89. The number of amides is 1. The van der Waals surface area contributed by atoms with E-state index in [-0.39, 0.29) is 17.1 Å². The third-order valence-electron chi connectivity index (χ3n) is 6.33. The maximum atomic E-state index is 14.6. The summed E-state index contributed by atoms with van der Waals surface area (Å²) in [7, 11) is 4.18. The number of nitrogens with one attached hydrogen (secondary N) is 1. The van der Waals surface area contributed by atoms with Gasteiger partial charge >= 0.3 is 18.0 Å². The molecular formula is C24H27F3N4O3. The lowest BCUT2D eigenvalue weighted by Crippen LogP contribution is -2.61. The van der Waals surface area contributed by atoms with E-state index in [4.69, 9.17) is 9.47 Å². The van der Waals surface area contributed by atoms with Gasteiger partial charge in [-0.1, -0.05) is 24.3 Å². The predicted octanol–water partition coefficient (Wildman–Crippen LogP) is 4.10. The van der Waals surface area contributed by atoms with Gasteiger partial charge in [-0.2, -0.15) is 18.2 Å². The molecule has 0 bridgehead atoms. The first-order valence-electron chi connectivity index (χ1n) is 10.9. The summed E-state index contributed by atoms with van der Waals surface area (Å²) in [6, 6.07) is 12.5. The molecule has 0 aliphatic carbocycles. The molecule has 1 N–H and O–H groups in total. The number of fused-ring (bicyclic) bond motifs is 1. The maximum absolute atomic E-state index is 14.6. The Morgan fingerprint density at radius 2 is 1.76 bits per heavy atom. The van der Waals surface area contributed by atoms with Crippen LogP contribution in [0, 0.1) is 0 Å². The Morgan fingerprint density at radius 1 is 1.09 bits per heavy atom. The summed E-state index contributed by atoms with van der Waals surface area (Å²) in [6.45, 7) is 1.90. The van der Waals surface area contributed by atoms with Crippen LogP contribution in [0.1, 0.15) is 34.7 Å². The standard InChI is InChI=1S/C24H27F3N4O3/c1-30-13-11-16(12-14-30)18-9-10-20-19(15-18)28-22(33-2)31(20)24(34-3,23(25,26)27)29-21(32)17-7-5-4-6-8-17/h4-10,15-16H,11-14H2,1-3H3,(H,29,32). The largest absolute Gasteiger partial charge is 0.468 e. The third-order valence-corrected chi connectivity index (χ3v) is 6.33. The van der Waals surface area contributed by atoms with E-state index < -0.39 is 17.9 Å². The molecule has 0 saturated carbocycles. The molecule has 1 aliphatic rings. The molecule has 1 fully saturated rings. The molecule has 1 atom stereocenters. The zero-order valence-corrected chi connectivity index (χ0v) is 19.2. The van der Waals surface area contributed by atoms with Crippen molar-refractivity contribution in [3.8, 4) is 6.01 Å². The minimum absolute atomic E-state index is 0.0566. The Labute approximate surface area is 195 Å². The fourth-order valence-corrected chi connectivity index (χ4v) is 4.44. The van der Waals surface area contributed by atoms with Gasteiger partial charge in [-0.05, 0) is 68.7 Å². The predicted molar refractivity (Wildman–Crippen MR) is 121 cm³/mol. The van der Waals surface area contributed by atoms with Gasteiger partial charge in [-0.15, -0.1) is 0 Å². The molecule has 1 aliphatic heterocycles. The van der Waals surface area contributed by atoms with Crippen LogP contribution < -0.4 is 10.1 Å². The number of imidazole rings is 1. The van der Waals surface area contributed by atoms with E-state index >= 15 is 0 Å². The molecule has 1 unspecified atom stereocenters. The zero-order chi connectivity index (χ0) is 24.5. The quantitative estimate of drug-likeness (QED) is 0.543. The second kappa shape index (κ2) is 9.27. The molecule has 4 rings (SSSR count). The van der Waals surface area contributed by atoms with Gasteiger partial charge in [0, 0.05) is 12.7 Å². The number of carbonyl (C=O) groups excluding carboxylic acids is 1. The number of rotatable bonds is 6. The first-order chi connectivity index (χ1) is 16.2. The van der Waals surface area contributed by atoms with E-state index in [0.717, 1.165) is 43.2 Å². The van der Waals surface area contributed by atoms with Gasteiger partial charge in [0.1, 0.15) is 0 Å². The van der Waals surface area contributed by atoms with Crippen molar-refractivity contribution < 1.29 is 27.4 Å². The lowest BCUT2D eigenvalue weighted by molar-refractivity contribution is -0.317. The molecule has 0 radical (unpaired) electrons. The van der Waals surface area contributed by atoms with Gasteiger partial charge in [0.15, 0.2) is 0 Å². The number of nitrogens with zero attached hydrogens (tertiary/aromatic N) is 3. The van der Waals surface area contributed by atoms with E-state index in [2.05, 4.69) is 16.9 Å². The highest BCUT2D eigenvalue weighted by Crippen LogP contribution is 2.41. The van der Waals surface area contributed by atoms with Crippen molar-refractivity contribution in [2.24, 2.45) is 0 Å². The van der Waals surface area contributed by atoms with E-state index in [1.54, 1.807) is 30.3 Å². The van der Waals surface area contributed by atoms with Crippen molar-refractivity contribution in [2.75, 3.05) is 34.4 Å². The summed E-state index contributed by atoms with van der Waals surface area (Å²) in [6.07, 6.45) is -3.13. The lowest BCUT2D eigenvalue weighted by Gasteiger charge is -2.36. The van der Waals surface area contributed by atoms with Gasteiger partial charge in [0.2, 0.25) is 0 Å². The number of methoxy groups -OCH3 is 2. The third kappa shape index (κ3) is 4.23. The summed E-state index contributed by atoms with van der Waals surface area (Å²) in [4.78, 5) is 19.4. The molecular weight excluding hydrogens is 449 g/mol. The number of carbonyl (C=O) groups is 1. The van der Waals surface area contributed by atoms with Crippen LogP contribution in [0.2, 0.25) is 0 Å². The van der Waals surface area contributed by atoms with Gasteiger partial charge < -0.3 is 14.4 Å². The van der Waals surface area contributed by atoms with Gasteiger partial charge in [-0.25, -0.2) is 4.57 Å². The fourth-order valence-electron chi connectivity index (χ4n) is 4.44. The van der Waals surface area contributed by atoms with Crippen molar-refractivity contribution in [1.82, 2.24) is 19.8 Å². The van der Waals surface area contributed by atoms with Gasteiger partial charge in [0.25, 0.3) is 5.91 Å². The van der Waals surface area contributed by atoms with Crippen molar-refractivity contribution in [3.05, 3.63) is 59.7 Å². The number of alkyl halides is 3. The summed E-state index contributed by atoms with van der Waals surface area (Å²) in [5.74, 6) is -3.90. The van der Waals surface area contributed by atoms with Crippen LogP contribution in [-0.4, -0.2) is 60.9 Å². The van der Waals surface area contributed by atoms with Gasteiger partial charge in [0.05, 0.1) is 18.1 Å². The Morgan fingerprint density at radius 3 is 2.35 bits per heavy atom. The first-order valence-corrected chi connectivity index (χ1v) is 10.9. The van der Waals surface area contributed by atoms with Crippen LogP contribution in [-0.2, 0) is 10.6 Å². The molecule has 2 aromatic carbocycles. The summed E-state index contributed by atoms with van der Waals surface area (Å²) >= 11 is 0. The monoisotopic (exact) mass is 476 g/mol. The number of hydrogen-bond acceptors (Lipinski definition) is 5. The topological polar surface area (TPSA) is 68.6 Å². The molecule has 34 heavy (non-hydrogen) atoms. The molecule has 0 spiro atoms. The normalized spacial score (nSPS) is 17.5. The van der Waals surface area contributed by atoms with Crippen LogP contribution in [0.4, 0.5) is 13.2 Å². The zero-order valence-electron chi connectivity index (χ0n) is 19.2. The molecule has 7 nitrogen and oxygen atoms in total. The van der Waals surface area contributed by atoms with E-state index in [1.807, 2.05) is 11.4 Å². The number of halogens is 3. The molecule has 10 heteroatoms. The summed E-state index contributed by atoms with van der Waals surface area (Å²) < 4.78 is 54.9. The fraction of sp³-hybridized carbons (Fsp3) is 0.417. The molecule has 1 amide bonds. The Balaban J connectivity index is 1.82. The van der Waals surface area contributed by atoms with Crippen molar-refractivity contribution in [2.45, 2.75) is 30.8 Å². The molecule has 2 heterocycles. The van der Waals surface area contributed by atoms with E-state index in [0.29, 0.717) is 11.4 Å². The maximum Gasteiger partial charge on any atom is 0.459 e. The number of hydrogen-bond donors (Lipinski definition) is 1. The Kier molecular flexibility index (Phi) is 6.55. The van der Waals surface area contributed by atoms with Crippen LogP contribution >= 0.6 is 0 Å². The minimum Gasteiger partial charge on any atom is -0.468 e. The minimum atomic E-state index is -5.04. The number of piperidine rings is 1. The smallest absolute Gasteiger partial charge is 0.459 e. The van der Waals surface area contributed by atoms with Crippen LogP contribution in [0.25, 0.3) is 11.0 Å². The highest BCUT2D eigenvalue weighted by Gasteiger charge is 2.61. The SMILES string of the molecule is COc1nc2cc(C3CCN(C)CC3)ccc2n1C(NC(=O)c1ccccc1)(OC)C(F)(F)F. The van der Waals surface area contributed by atoms with Crippen LogP contribution in [0.3, 0.4) is 0 Å². The summed E-state index contributed by atoms with van der Waals surface area (Å²) in [5, 5.41) is 2.04. The number of benzene rings is 2. The average Bonchev–Trinajstić information content (AvgIpc) is 3.21.